The molecule has 5 heteroatoms. The van der Waals surface area contributed by atoms with Gasteiger partial charge >= 0.3 is 0 Å². The van der Waals surface area contributed by atoms with Gasteiger partial charge in [-0.25, -0.2) is 0 Å². The van der Waals surface area contributed by atoms with Crippen molar-refractivity contribution >= 4 is 10.1 Å². The Balaban J connectivity index is 2.14. The highest BCUT2D eigenvalue weighted by atomic mass is 32.2. The predicted octanol–water partition coefficient (Wildman–Crippen LogP) is -0.516. The smallest absolute Gasteiger partial charge is 0.273 e. The molecule has 5 unspecified atom stereocenters. The normalized spacial score (nSPS) is 59.6. The van der Waals surface area contributed by atoms with Gasteiger partial charge in [0, 0.05) is 5.92 Å². The molecular formula is C7H10O4S. The molecule has 1 heterocycles. The van der Waals surface area contributed by atoms with E-state index >= 15 is 0 Å². The standard InChI is InChI=1S/C7H10O4S/c8-6-3-1-4-5(2-3)11-12(9,10)7(4)6/h3-8H,1-2H2. The van der Waals surface area contributed by atoms with Crippen LogP contribution in [0.2, 0.25) is 0 Å². The molecule has 3 aliphatic rings. The highest BCUT2D eigenvalue weighted by molar-refractivity contribution is 7.87. The quantitative estimate of drug-likeness (QED) is 0.522. The van der Waals surface area contributed by atoms with E-state index in [9.17, 15) is 13.5 Å². The molecule has 12 heavy (non-hydrogen) atoms. The first-order valence-corrected chi connectivity index (χ1v) is 5.67. The number of rotatable bonds is 0. The summed E-state index contributed by atoms with van der Waals surface area (Å²) in [6.07, 6.45) is 0.768. The van der Waals surface area contributed by atoms with Crippen molar-refractivity contribution < 1.29 is 17.7 Å². The van der Waals surface area contributed by atoms with E-state index in [1.54, 1.807) is 0 Å². The Kier molecular flexibility index (Phi) is 1.13. The molecule has 3 fully saturated rings. The van der Waals surface area contributed by atoms with Gasteiger partial charge in [0.1, 0.15) is 5.25 Å². The number of hydrogen-bond acceptors (Lipinski definition) is 4. The zero-order valence-corrected chi connectivity index (χ0v) is 7.20. The largest absolute Gasteiger partial charge is 0.391 e. The molecule has 0 spiro atoms. The molecule has 1 aliphatic heterocycles. The molecule has 0 radical (unpaired) electrons. The molecule has 1 N–H and O–H groups in total. The summed E-state index contributed by atoms with van der Waals surface area (Å²) in [7, 11) is -3.43. The summed E-state index contributed by atoms with van der Waals surface area (Å²) in [5.41, 5.74) is 0. The van der Waals surface area contributed by atoms with Gasteiger partial charge in [-0.15, -0.1) is 0 Å². The van der Waals surface area contributed by atoms with E-state index in [-0.39, 0.29) is 17.9 Å². The summed E-state index contributed by atoms with van der Waals surface area (Å²) < 4.78 is 27.5. The van der Waals surface area contributed by atoms with E-state index in [4.69, 9.17) is 4.18 Å². The third kappa shape index (κ3) is 0.639. The lowest BCUT2D eigenvalue weighted by Gasteiger charge is -2.18. The molecule has 3 rings (SSSR count). The molecule has 0 aromatic carbocycles. The average molecular weight is 190 g/mol. The monoisotopic (exact) mass is 190 g/mol. The minimum absolute atomic E-state index is 0.0787. The van der Waals surface area contributed by atoms with Gasteiger partial charge in [0.25, 0.3) is 10.1 Å². The van der Waals surface area contributed by atoms with E-state index < -0.39 is 21.5 Å². The fourth-order valence-corrected chi connectivity index (χ4v) is 4.92. The minimum Gasteiger partial charge on any atom is -0.391 e. The van der Waals surface area contributed by atoms with Crippen LogP contribution >= 0.6 is 0 Å². The molecule has 0 aromatic heterocycles. The van der Waals surface area contributed by atoms with Gasteiger partial charge < -0.3 is 5.11 Å². The van der Waals surface area contributed by atoms with Crippen LogP contribution in [-0.4, -0.2) is 31.0 Å². The van der Waals surface area contributed by atoms with Crippen LogP contribution in [-0.2, 0) is 14.3 Å². The van der Waals surface area contributed by atoms with Gasteiger partial charge in [0.05, 0.1) is 12.2 Å². The molecule has 2 saturated carbocycles. The van der Waals surface area contributed by atoms with Crippen molar-refractivity contribution in [2.24, 2.45) is 11.8 Å². The van der Waals surface area contributed by atoms with Crippen molar-refractivity contribution in [3.05, 3.63) is 0 Å². The maximum atomic E-state index is 11.3. The number of hydrogen-bond donors (Lipinski definition) is 1. The van der Waals surface area contributed by atoms with Crippen LogP contribution in [0.3, 0.4) is 0 Å². The molecule has 0 amide bonds. The first-order chi connectivity index (χ1) is 5.59. The summed E-state index contributed by atoms with van der Waals surface area (Å²) in [6.45, 7) is 0. The number of aliphatic hydroxyl groups excluding tert-OH is 1. The zero-order chi connectivity index (χ0) is 8.51. The third-order valence-electron chi connectivity index (χ3n) is 3.42. The Bertz CT molecular complexity index is 320. The van der Waals surface area contributed by atoms with Gasteiger partial charge in [-0.2, -0.15) is 8.42 Å². The molecule has 0 aromatic rings. The van der Waals surface area contributed by atoms with Crippen LogP contribution in [0.15, 0.2) is 0 Å². The Morgan fingerprint density at radius 1 is 1.33 bits per heavy atom. The van der Waals surface area contributed by atoms with E-state index in [0.717, 1.165) is 12.8 Å². The second-order valence-corrected chi connectivity index (χ2v) is 5.70. The molecular weight excluding hydrogens is 180 g/mol. The van der Waals surface area contributed by atoms with Crippen molar-refractivity contribution in [1.29, 1.82) is 0 Å². The van der Waals surface area contributed by atoms with Crippen LogP contribution in [0.4, 0.5) is 0 Å². The molecule has 2 aliphatic carbocycles. The van der Waals surface area contributed by atoms with Gasteiger partial charge in [-0.1, -0.05) is 0 Å². The van der Waals surface area contributed by atoms with Gasteiger partial charge in [0.2, 0.25) is 0 Å². The van der Waals surface area contributed by atoms with E-state index in [1.807, 2.05) is 0 Å². The number of fused-ring (bicyclic) bond motifs is 1. The van der Waals surface area contributed by atoms with Crippen LogP contribution in [0.1, 0.15) is 12.8 Å². The summed E-state index contributed by atoms with van der Waals surface area (Å²) in [6, 6.07) is 0. The Morgan fingerprint density at radius 2 is 2.08 bits per heavy atom. The lowest BCUT2D eigenvalue weighted by Crippen LogP contribution is -2.35. The first-order valence-electron chi connectivity index (χ1n) is 4.20. The van der Waals surface area contributed by atoms with Crippen LogP contribution in [0, 0.1) is 11.8 Å². The summed E-state index contributed by atoms with van der Waals surface area (Å²) in [5.74, 6) is 0.247. The Labute approximate surface area is 70.7 Å². The maximum Gasteiger partial charge on any atom is 0.273 e. The number of aliphatic hydroxyl groups is 1. The minimum atomic E-state index is -3.43. The molecule has 4 nitrogen and oxygen atoms in total. The Morgan fingerprint density at radius 3 is 2.67 bits per heavy atom. The van der Waals surface area contributed by atoms with E-state index in [2.05, 4.69) is 0 Å². The van der Waals surface area contributed by atoms with E-state index in [1.165, 1.54) is 0 Å². The maximum absolute atomic E-state index is 11.3. The van der Waals surface area contributed by atoms with Crippen LogP contribution < -0.4 is 0 Å². The fraction of sp³-hybridized carbons (Fsp3) is 1.00. The topological polar surface area (TPSA) is 63.6 Å². The lowest BCUT2D eigenvalue weighted by atomic mass is 9.95. The second kappa shape index (κ2) is 1.86. The van der Waals surface area contributed by atoms with Crippen molar-refractivity contribution in [3.8, 4) is 0 Å². The fourth-order valence-electron chi connectivity index (χ4n) is 2.95. The van der Waals surface area contributed by atoms with Crippen molar-refractivity contribution in [3.63, 3.8) is 0 Å². The average Bonchev–Trinajstić information content (AvgIpc) is 2.45. The summed E-state index contributed by atoms with van der Waals surface area (Å²) in [5, 5.41) is 8.97. The highest BCUT2D eigenvalue weighted by Crippen LogP contribution is 2.54. The van der Waals surface area contributed by atoms with Crippen molar-refractivity contribution in [2.45, 2.75) is 30.3 Å². The SMILES string of the molecule is O=S1(=O)OC2CC3CC2C1C3O. The van der Waals surface area contributed by atoms with Crippen molar-refractivity contribution in [2.75, 3.05) is 0 Å². The molecule has 68 valence electrons. The van der Waals surface area contributed by atoms with Crippen molar-refractivity contribution in [1.82, 2.24) is 0 Å². The zero-order valence-electron chi connectivity index (χ0n) is 6.38. The molecule has 1 saturated heterocycles. The molecule has 2 bridgehead atoms. The predicted molar refractivity (Wildman–Crippen MR) is 39.8 cm³/mol. The summed E-state index contributed by atoms with van der Waals surface area (Å²) in [4.78, 5) is 0. The summed E-state index contributed by atoms with van der Waals surface area (Å²) >= 11 is 0. The van der Waals surface area contributed by atoms with Gasteiger partial charge in [0.15, 0.2) is 0 Å². The third-order valence-corrected chi connectivity index (χ3v) is 5.23. The first kappa shape index (κ1) is 7.29. The Hall–Kier alpha value is -0.130. The van der Waals surface area contributed by atoms with Gasteiger partial charge in [-0.3, -0.25) is 4.18 Å². The van der Waals surface area contributed by atoms with Crippen LogP contribution in [0.5, 0.6) is 0 Å². The highest BCUT2D eigenvalue weighted by Gasteiger charge is 2.64. The second-order valence-electron chi connectivity index (χ2n) is 3.98. The lowest BCUT2D eigenvalue weighted by molar-refractivity contribution is 0.0959. The van der Waals surface area contributed by atoms with E-state index in [0.29, 0.717) is 0 Å². The van der Waals surface area contributed by atoms with Gasteiger partial charge in [-0.05, 0) is 18.8 Å². The van der Waals surface area contributed by atoms with Crippen LogP contribution in [0.25, 0.3) is 0 Å². The molecule has 5 atom stereocenters.